The Labute approximate surface area is 162 Å². The average molecular weight is 415 g/mol. The molecule has 1 fully saturated rings. The van der Waals surface area contributed by atoms with Crippen molar-refractivity contribution in [2.45, 2.75) is 38.6 Å². The Kier molecular flexibility index (Phi) is 5.77. The van der Waals surface area contributed by atoms with Crippen molar-refractivity contribution in [2.75, 3.05) is 5.32 Å². The largest absolute Gasteiger partial charge is 0.349 e. The number of amides is 2. The van der Waals surface area contributed by atoms with Crippen molar-refractivity contribution in [3.8, 4) is 0 Å². The number of halogens is 1. The fourth-order valence-corrected chi connectivity index (χ4v) is 3.34. The maximum atomic E-state index is 12.5. The first-order valence-corrected chi connectivity index (χ1v) is 9.73. The van der Waals surface area contributed by atoms with Gasteiger partial charge in [-0.1, -0.05) is 47.1 Å². The lowest BCUT2D eigenvalue weighted by atomic mass is 10.1. The zero-order valence-electron chi connectivity index (χ0n) is 15.0. The minimum Gasteiger partial charge on any atom is -0.349 e. The van der Waals surface area contributed by atoms with Gasteiger partial charge >= 0.3 is 0 Å². The van der Waals surface area contributed by atoms with Crippen LogP contribution in [-0.4, -0.2) is 11.8 Å². The molecular weight excluding hydrogens is 392 g/mol. The van der Waals surface area contributed by atoms with E-state index in [1.165, 1.54) is 5.56 Å². The number of nitrogens with one attached hydrogen (secondary N) is 2. The van der Waals surface area contributed by atoms with Gasteiger partial charge in [0, 0.05) is 22.5 Å². The lowest BCUT2D eigenvalue weighted by Crippen LogP contribution is -2.28. The molecule has 0 spiro atoms. The zero-order chi connectivity index (χ0) is 18.7. The minimum absolute atomic E-state index is 0.00758. The molecule has 0 aromatic heterocycles. The highest BCUT2D eigenvalue weighted by Gasteiger charge is 2.44. The van der Waals surface area contributed by atoms with Gasteiger partial charge in [-0.3, -0.25) is 9.59 Å². The Morgan fingerprint density at radius 1 is 1.12 bits per heavy atom. The van der Waals surface area contributed by atoms with Crippen LogP contribution in [0.2, 0.25) is 0 Å². The van der Waals surface area contributed by atoms with Gasteiger partial charge in [0.15, 0.2) is 0 Å². The van der Waals surface area contributed by atoms with E-state index in [2.05, 4.69) is 38.7 Å². The van der Waals surface area contributed by atoms with Crippen LogP contribution in [0.3, 0.4) is 0 Å². The van der Waals surface area contributed by atoms with E-state index in [1.807, 2.05) is 50.2 Å². The van der Waals surface area contributed by atoms with E-state index in [9.17, 15) is 9.59 Å². The summed E-state index contributed by atoms with van der Waals surface area (Å²) >= 11 is 3.44. The number of carbonyl (C=O) groups excluding carboxylic acids is 2. The molecule has 0 bridgehead atoms. The standard InChI is InChI=1S/C21H23BrN2O2/c1-3-20(25)24-17-10-6-14(7-11-17)13(2)23-21(26)19-12-18(19)15-4-8-16(22)9-5-15/h4-11,13,18-19H,3,12H2,1-2H3,(H,23,26)(H,24,25). The molecule has 5 heteroatoms. The van der Waals surface area contributed by atoms with Gasteiger partial charge in [-0.2, -0.15) is 0 Å². The maximum Gasteiger partial charge on any atom is 0.224 e. The summed E-state index contributed by atoms with van der Waals surface area (Å²) in [5.74, 6) is 0.476. The van der Waals surface area contributed by atoms with Crippen LogP contribution in [0.4, 0.5) is 5.69 Å². The second kappa shape index (κ2) is 8.04. The summed E-state index contributed by atoms with van der Waals surface area (Å²) < 4.78 is 1.05. The molecule has 136 valence electrons. The molecule has 0 radical (unpaired) electrons. The molecular formula is C21H23BrN2O2. The van der Waals surface area contributed by atoms with E-state index in [0.29, 0.717) is 12.3 Å². The van der Waals surface area contributed by atoms with Gasteiger partial charge in [-0.15, -0.1) is 0 Å². The van der Waals surface area contributed by atoms with Gasteiger partial charge in [0.25, 0.3) is 0 Å². The van der Waals surface area contributed by atoms with Crippen LogP contribution in [0.25, 0.3) is 0 Å². The molecule has 2 N–H and O–H groups in total. The molecule has 2 aromatic rings. The van der Waals surface area contributed by atoms with E-state index in [-0.39, 0.29) is 23.8 Å². The first-order chi connectivity index (χ1) is 12.5. The third-order valence-electron chi connectivity index (χ3n) is 4.80. The molecule has 1 aliphatic rings. The summed E-state index contributed by atoms with van der Waals surface area (Å²) in [5, 5.41) is 5.93. The topological polar surface area (TPSA) is 58.2 Å². The normalized spacial score (nSPS) is 19.5. The number of anilines is 1. The molecule has 3 atom stereocenters. The van der Waals surface area contributed by atoms with Crippen LogP contribution in [-0.2, 0) is 9.59 Å². The SMILES string of the molecule is CCC(=O)Nc1ccc(C(C)NC(=O)C2CC2c2ccc(Br)cc2)cc1. The Balaban J connectivity index is 1.54. The van der Waals surface area contributed by atoms with Crippen molar-refractivity contribution >= 4 is 33.4 Å². The molecule has 4 nitrogen and oxygen atoms in total. The van der Waals surface area contributed by atoms with Gasteiger partial charge in [-0.05, 0) is 54.7 Å². The highest BCUT2D eigenvalue weighted by molar-refractivity contribution is 9.10. The predicted octanol–water partition coefficient (Wildman–Crippen LogP) is 4.78. The van der Waals surface area contributed by atoms with Crippen LogP contribution >= 0.6 is 15.9 Å². The van der Waals surface area contributed by atoms with Crippen molar-refractivity contribution in [3.05, 3.63) is 64.1 Å². The van der Waals surface area contributed by atoms with Crippen molar-refractivity contribution < 1.29 is 9.59 Å². The Hall–Kier alpha value is -2.14. The number of carbonyl (C=O) groups is 2. The van der Waals surface area contributed by atoms with E-state index in [1.54, 1.807) is 0 Å². The molecule has 3 unspecified atom stereocenters. The van der Waals surface area contributed by atoms with Gasteiger partial charge in [0.2, 0.25) is 11.8 Å². The van der Waals surface area contributed by atoms with Crippen molar-refractivity contribution in [1.82, 2.24) is 5.32 Å². The highest BCUT2D eigenvalue weighted by atomic mass is 79.9. The first kappa shape index (κ1) is 18.6. The summed E-state index contributed by atoms with van der Waals surface area (Å²) in [7, 11) is 0. The number of hydrogen-bond donors (Lipinski definition) is 2. The Morgan fingerprint density at radius 3 is 2.38 bits per heavy atom. The highest BCUT2D eigenvalue weighted by Crippen LogP contribution is 2.47. The van der Waals surface area contributed by atoms with Crippen LogP contribution < -0.4 is 10.6 Å². The molecule has 2 aromatic carbocycles. The van der Waals surface area contributed by atoms with E-state index >= 15 is 0 Å². The molecule has 1 aliphatic carbocycles. The van der Waals surface area contributed by atoms with Crippen LogP contribution in [0, 0.1) is 5.92 Å². The summed E-state index contributed by atoms with van der Waals surface area (Å²) in [5.41, 5.74) is 3.02. The third-order valence-corrected chi connectivity index (χ3v) is 5.33. The quantitative estimate of drug-likeness (QED) is 0.714. The van der Waals surface area contributed by atoms with Crippen LogP contribution in [0.5, 0.6) is 0 Å². The number of benzene rings is 2. The molecule has 1 saturated carbocycles. The summed E-state index contributed by atoms with van der Waals surface area (Å²) in [6, 6.07) is 15.7. The van der Waals surface area contributed by atoms with Gasteiger partial charge in [0.05, 0.1) is 6.04 Å². The molecule has 0 aliphatic heterocycles. The summed E-state index contributed by atoms with van der Waals surface area (Å²) in [6.07, 6.45) is 1.36. The molecule has 26 heavy (non-hydrogen) atoms. The first-order valence-electron chi connectivity index (χ1n) is 8.93. The fourth-order valence-electron chi connectivity index (χ4n) is 3.07. The average Bonchev–Trinajstić information content (AvgIpc) is 3.43. The number of rotatable bonds is 6. The third kappa shape index (κ3) is 4.52. The van der Waals surface area contributed by atoms with E-state index in [4.69, 9.17) is 0 Å². The van der Waals surface area contributed by atoms with Gasteiger partial charge < -0.3 is 10.6 Å². The molecule has 2 amide bonds. The van der Waals surface area contributed by atoms with Crippen LogP contribution in [0.1, 0.15) is 49.8 Å². The maximum absolute atomic E-state index is 12.5. The second-order valence-electron chi connectivity index (χ2n) is 6.75. The van der Waals surface area contributed by atoms with E-state index in [0.717, 1.165) is 22.1 Å². The van der Waals surface area contributed by atoms with Crippen molar-refractivity contribution in [1.29, 1.82) is 0 Å². The lowest BCUT2D eigenvalue weighted by molar-refractivity contribution is -0.123. The molecule has 0 saturated heterocycles. The Bertz CT molecular complexity index is 787. The minimum atomic E-state index is -0.0652. The second-order valence-corrected chi connectivity index (χ2v) is 7.67. The van der Waals surface area contributed by atoms with Crippen molar-refractivity contribution in [2.24, 2.45) is 5.92 Å². The molecule has 3 rings (SSSR count). The summed E-state index contributed by atoms with van der Waals surface area (Å²) in [6.45, 7) is 3.80. The van der Waals surface area contributed by atoms with Crippen molar-refractivity contribution in [3.63, 3.8) is 0 Å². The van der Waals surface area contributed by atoms with Gasteiger partial charge in [-0.25, -0.2) is 0 Å². The van der Waals surface area contributed by atoms with Gasteiger partial charge in [0.1, 0.15) is 0 Å². The fraction of sp³-hybridized carbons (Fsp3) is 0.333. The summed E-state index contributed by atoms with van der Waals surface area (Å²) in [4.78, 5) is 23.9. The smallest absolute Gasteiger partial charge is 0.224 e. The monoisotopic (exact) mass is 414 g/mol. The zero-order valence-corrected chi connectivity index (χ0v) is 16.5. The Morgan fingerprint density at radius 2 is 1.77 bits per heavy atom. The van der Waals surface area contributed by atoms with E-state index < -0.39 is 0 Å². The number of hydrogen-bond acceptors (Lipinski definition) is 2. The molecule has 0 heterocycles. The predicted molar refractivity (Wildman–Crippen MR) is 107 cm³/mol. The van der Waals surface area contributed by atoms with Crippen LogP contribution in [0.15, 0.2) is 53.0 Å². The lowest BCUT2D eigenvalue weighted by Gasteiger charge is -2.15.